The van der Waals surface area contributed by atoms with Gasteiger partial charge in [-0.2, -0.15) is 20.8 Å². The molecule has 6 heteroatoms. The second-order valence-electron chi connectivity index (χ2n) is 4.05. The number of nitrogen functional groups attached to an aromatic ring is 1. The van der Waals surface area contributed by atoms with Gasteiger partial charge < -0.3 is 10.5 Å². The molecule has 0 atom stereocenters. The van der Waals surface area contributed by atoms with Gasteiger partial charge in [-0.3, -0.25) is 0 Å². The molecule has 2 rings (SSSR count). The Bertz CT molecular complexity index is 837. The molecule has 0 aliphatic carbocycles. The molecule has 0 radical (unpaired) electrons. The van der Waals surface area contributed by atoms with Gasteiger partial charge in [-0.15, -0.1) is 0 Å². The topological polar surface area (TPSA) is 120 Å². The lowest BCUT2D eigenvalue weighted by Gasteiger charge is -2.12. The number of pyridine rings is 1. The molecule has 0 unspecified atom stereocenters. The minimum atomic E-state index is -0.0225. The fraction of sp³-hybridized carbons (Fsp3) is 0.0667. The smallest absolute Gasteiger partial charge is 0.234 e. The van der Waals surface area contributed by atoms with E-state index in [4.69, 9.17) is 15.7 Å². The molecule has 0 aliphatic heterocycles. The van der Waals surface area contributed by atoms with E-state index in [9.17, 15) is 10.5 Å². The van der Waals surface area contributed by atoms with Crippen LogP contribution in [-0.4, -0.2) is 12.1 Å². The maximum atomic E-state index is 9.34. The van der Waals surface area contributed by atoms with Gasteiger partial charge in [0.1, 0.15) is 29.1 Å². The summed E-state index contributed by atoms with van der Waals surface area (Å²) in [5.41, 5.74) is 7.22. The van der Waals surface area contributed by atoms with Crippen LogP contribution in [0.25, 0.3) is 11.1 Å². The van der Waals surface area contributed by atoms with E-state index >= 15 is 0 Å². The van der Waals surface area contributed by atoms with Crippen LogP contribution in [0.5, 0.6) is 5.88 Å². The SMILES string of the molecule is COc1nc(N)c(C#N)c(-c2cccc(C#N)c2)c1C#N. The summed E-state index contributed by atoms with van der Waals surface area (Å²) in [4.78, 5) is 3.91. The molecule has 0 fully saturated rings. The lowest BCUT2D eigenvalue weighted by atomic mass is 9.95. The highest BCUT2D eigenvalue weighted by atomic mass is 16.5. The average molecular weight is 275 g/mol. The Morgan fingerprint density at radius 2 is 1.81 bits per heavy atom. The summed E-state index contributed by atoms with van der Waals surface area (Å²) in [6.07, 6.45) is 0. The third-order valence-corrected chi connectivity index (χ3v) is 2.89. The maximum absolute atomic E-state index is 9.34. The van der Waals surface area contributed by atoms with E-state index in [0.29, 0.717) is 16.7 Å². The van der Waals surface area contributed by atoms with Crippen molar-refractivity contribution in [1.29, 1.82) is 15.8 Å². The van der Waals surface area contributed by atoms with E-state index < -0.39 is 0 Å². The van der Waals surface area contributed by atoms with Crippen LogP contribution >= 0.6 is 0 Å². The van der Waals surface area contributed by atoms with Crippen LogP contribution in [0.3, 0.4) is 0 Å². The summed E-state index contributed by atoms with van der Waals surface area (Å²) in [5, 5.41) is 27.6. The molecule has 0 aliphatic rings. The molecule has 6 nitrogen and oxygen atoms in total. The highest BCUT2D eigenvalue weighted by Gasteiger charge is 2.20. The predicted octanol–water partition coefficient (Wildman–Crippen LogP) is 1.95. The van der Waals surface area contributed by atoms with Crippen molar-refractivity contribution in [3.8, 4) is 35.2 Å². The van der Waals surface area contributed by atoms with E-state index in [-0.39, 0.29) is 22.8 Å². The number of benzene rings is 1. The van der Waals surface area contributed by atoms with Crippen LogP contribution in [0, 0.1) is 34.0 Å². The number of ether oxygens (including phenoxy) is 1. The Hall–Kier alpha value is -3.56. The van der Waals surface area contributed by atoms with Gasteiger partial charge in [0, 0.05) is 5.56 Å². The summed E-state index contributed by atoms with van der Waals surface area (Å²) < 4.78 is 5.05. The van der Waals surface area contributed by atoms with Crippen molar-refractivity contribution >= 4 is 5.82 Å². The predicted molar refractivity (Wildman–Crippen MR) is 74.8 cm³/mol. The molecule has 0 bridgehead atoms. The highest BCUT2D eigenvalue weighted by Crippen LogP contribution is 2.35. The van der Waals surface area contributed by atoms with E-state index in [0.717, 1.165) is 0 Å². The Morgan fingerprint density at radius 1 is 1.10 bits per heavy atom. The summed E-state index contributed by atoms with van der Waals surface area (Å²) in [5.74, 6) is 0.0251. The van der Waals surface area contributed by atoms with E-state index in [2.05, 4.69) is 4.98 Å². The van der Waals surface area contributed by atoms with Gasteiger partial charge in [-0.1, -0.05) is 12.1 Å². The van der Waals surface area contributed by atoms with E-state index in [1.807, 2.05) is 18.2 Å². The van der Waals surface area contributed by atoms with Crippen LogP contribution in [0.4, 0.5) is 5.82 Å². The third kappa shape index (κ3) is 2.32. The lowest BCUT2D eigenvalue weighted by Crippen LogP contribution is -2.04. The molecule has 2 N–H and O–H groups in total. The zero-order valence-corrected chi connectivity index (χ0v) is 11.1. The van der Waals surface area contributed by atoms with Crippen LogP contribution in [-0.2, 0) is 0 Å². The van der Waals surface area contributed by atoms with Gasteiger partial charge in [0.25, 0.3) is 0 Å². The van der Waals surface area contributed by atoms with Gasteiger partial charge in [0.05, 0.1) is 18.7 Å². The van der Waals surface area contributed by atoms with Crippen molar-refractivity contribution in [2.75, 3.05) is 12.8 Å². The van der Waals surface area contributed by atoms with E-state index in [1.54, 1.807) is 24.3 Å². The minimum absolute atomic E-state index is 0.0225. The molecule has 0 saturated heterocycles. The van der Waals surface area contributed by atoms with Crippen LogP contribution < -0.4 is 10.5 Å². The number of methoxy groups -OCH3 is 1. The third-order valence-electron chi connectivity index (χ3n) is 2.89. The molecule has 1 aromatic heterocycles. The second kappa shape index (κ2) is 5.61. The van der Waals surface area contributed by atoms with Crippen molar-refractivity contribution in [2.24, 2.45) is 0 Å². The average Bonchev–Trinajstić information content (AvgIpc) is 2.53. The van der Waals surface area contributed by atoms with Crippen LogP contribution in [0.15, 0.2) is 24.3 Å². The molecule has 0 amide bonds. The van der Waals surface area contributed by atoms with Gasteiger partial charge in [0.15, 0.2) is 0 Å². The van der Waals surface area contributed by atoms with Crippen LogP contribution in [0.1, 0.15) is 16.7 Å². The Labute approximate surface area is 121 Å². The number of hydrogen-bond donors (Lipinski definition) is 1. The van der Waals surface area contributed by atoms with Crippen molar-refractivity contribution < 1.29 is 4.74 Å². The standard InChI is InChI=1S/C15H9N5O/c1-21-15-12(8-18)13(11(7-17)14(19)20-15)10-4-2-3-9(5-10)6-16/h2-5H,1H3,(H2,19,20). The molecule has 1 heterocycles. The lowest BCUT2D eigenvalue weighted by molar-refractivity contribution is 0.397. The zero-order chi connectivity index (χ0) is 15.4. The molecular formula is C15H9N5O. The van der Waals surface area contributed by atoms with Gasteiger partial charge >= 0.3 is 0 Å². The Morgan fingerprint density at radius 3 is 2.38 bits per heavy atom. The molecule has 2 aromatic rings. The molecule has 21 heavy (non-hydrogen) atoms. The van der Waals surface area contributed by atoms with Crippen molar-refractivity contribution in [2.45, 2.75) is 0 Å². The molecule has 0 spiro atoms. The van der Waals surface area contributed by atoms with Gasteiger partial charge in [-0.05, 0) is 17.7 Å². The first-order valence-corrected chi connectivity index (χ1v) is 5.84. The quantitative estimate of drug-likeness (QED) is 0.894. The number of nitrogens with two attached hydrogens (primary N) is 1. The molecule has 1 aromatic carbocycles. The van der Waals surface area contributed by atoms with Crippen molar-refractivity contribution in [3.63, 3.8) is 0 Å². The molecule has 0 saturated carbocycles. The number of anilines is 1. The normalized spacial score (nSPS) is 9.24. The van der Waals surface area contributed by atoms with Gasteiger partial charge in [-0.25, -0.2) is 0 Å². The zero-order valence-electron chi connectivity index (χ0n) is 11.1. The Kier molecular flexibility index (Phi) is 3.70. The number of aromatic nitrogens is 1. The maximum Gasteiger partial charge on any atom is 0.234 e. The molecule has 100 valence electrons. The van der Waals surface area contributed by atoms with Crippen molar-refractivity contribution in [1.82, 2.24) is 4.98 Å². The number of nitrogens with zero attached hydrogens (tertiary/aromatic N) is 4. The minimum Gasteiger partial charge on any atom is -0.480 e. The number of nitriles is 3. The van der Waals surface area contributed by atoms with Gasteiger partial charge in [0.2, 0.25) is 5.88 Å². The second-order valence-corrected chi connectivity index (χ2v) is 4.05. The summed E-state index contributed by atoms with van der Waals surface area (Å²) >= 11 is 0. The largest absolute Gasteiger partial charge is 0.480 e. The van der Waals surface area contributed by atoms with E-state index in [1.165, 1.54) is 7.11 Å². The first kappa shape index (κ1) is 13.9. The fourth-order valence-corrected chi connectivity index (χ4v) is 1.98. The first-order valence-electron chi connectivity index (χ1n) is 5.84. The number of rotatable bonds is 2. The summed E-state index contributed by atoms with van der Waals surface area (Å²) in [7, 11) is 1.37. The highest BCUT2D eigenvalue weighted by molar-refractivity contribution is 5.82. The Balaban J connectivity index is 2.90. The number of hydrogen-bond acceptors (Lipinski definition) is 6. The summed E-state index contributed by atoms with van der Waals surface area (Å²) in [6, 6.07) is 12.5. The fourth-order valence-electron chi connectivity index (χ4n) is 1.98. The first-order chi connectivity index (χ1) is 10.2. The van der Waals surface area contributed by atoms with Crippen molar-refractivity contribution in [3.05, 3.63) is 41.0 Å². The van der Waals surface area contributed by atoms with Crippen LogP contribution in [0.2, 0.25) is 0 Å². The summed E-state index contributed by atoms with van der Waals surface area (Å²) in [6.45, 7) is 0. The molecular weight excluding hydrogens is 266 g/mol. The monoisotopic (exact) mass is 275 g/mol.